The molecule has 0 atom stereocenters. The maximum atomic E-state index is 13.6. The number of amides is 1. The largest absolute Gasteiger partial charge is 0.494 e. The van der Waals surface area contributed by atoms with Gasteiger partial charge in [0.25, 0.3) is 12.3 Å². The van der Waals surface area contributed by atoms with E-state index in [-0.39, 0.29) is 39.4 Å². The second-order valence-corrected chi connectivity index (χ2v) is 8.78. The predicted octanol–water partition coefficient (Wildman–Crippen LogP) is 4.92. The van der Waals surface area contributed by atoms with Gasteiger partial charge in [-0.1, -0.05) is 17.3 Å². The number of nitrogens with one attached hydrogen (secondary N) is 1. The third kappa shape index (κ3) is 5.06. The summed E-state index contributed by atoms with van der Waals surface area (Å²) >= 11 is 1.08. The molecular weight excluding hydrogens is 490 g/mol. The Bertz CT molecular complexity index is 1610. The number of anilines is 1. The second-order valence-electron chi connectivity index (χ2n) is 7.80. The first kappa shape index (κ1) is 20.0. The lowest BCUT2D eigenvalue weighted by atomic mass is 9.96. The number of alkyl halides is 2. The number of benzene rings is 1. The van der Waals surface area contributed by atoms with Crippen LogP contribution < -0.4 is 10.1 Å². The van der Waals surface area contributed by atoms with Crippen molar-refractivity contribution in [2.45, 2.75) is 26.2 Å². The van der Waals surface area contributed by atoms with Gasteiger partial charge in [0.15, 0.2) is 5.01 Å². The van der Waals surface area contributed by atoms with Crippen LogP contribution in [0.4, 0.5) is 13.9 Å². The smallest absolute Gasteiger partial charge is 0.280 e. The van der Waals surface area contributed by atoms with E-state index in [1.54, 1.807) is 6.92 Å². The highest BCUT2D eigenvalue weighted by Gasteiger charge is 2.22. The summed E-state index contributed by atoms with van der Waals surface area (Å²) in [7, 11) is -2.92. The van der Waals surface area contributed by atoms with E-state index in [0.29, 0.717) is 16.5 Å². The standard InChI is InChI=1S/C24H18F2N6O3S/c1-12-29-31-23(35-12)14-6-7-15(16(9-14)17-10-18(21(25)26)27-11-19(17)34-2)22(33)28-24-32-30-20(36-24)8-5-13-3-4-13/h6-7,9-11,13,21H,3-4H2,1-2H3,(H,28,32,33)/i2D3. The molecule has 0 spiro atoms. The summed E-state index contributed by atoms with van der Waals surface area (Å²) in [6, 6.07) is 5.34. The van der Waals surface area contributed by atoms with E-state index in [1.807, 2.05) is 0 Å². The molecule has 1 aliphatic rings. The molecule has 3 heterocycles. The van der Waals surface area contributed by atoms with Crippen molar-refractivity contribution in [1.82, 2.24) is 25.4 Å². The Morgan fingerprint density at radius 1 is 1.25 bits per heavy atom. The van der Waals surface area contributed by atoms with E-state index < -0.39 is 25.1 Å². The van der Waals surface area contributed by atoms with Gasteiger partial charge in [-0.2, -0.15) is 0 Å². The molecule has 1 aromatic carbocycles. The molecule has 0 unspecified atom stereocenters. The summed E-state index contributed by atoms with van der Waals surface area (Å²) < 4.78 is 60.2. The number of methoxy groups -OCH3 is 1. The van der Waals surface area contributed by atoms with Crippen LogP contribution in [0.2, 0.25) is 0 Å². The van der Waals surface area contributed by atoms with Crippen LogP contribution in [0.15, 0.2) is 34.9 Å². The number of aromatic nitrogens is 5. The maximum Gasteiger partial charge on any atom is 0.280 e. The Labute approximate surface area is 212 Å². The quantitative estimate of drug-likeness (QED) is 0.363. The Morgan fingerprint density at radius 2 is 2.11 bits per heavy atom. The number of nitrogens with zero attached hydrogens (tertiary/aromatic N) is 5. The average Bonchev–Trinajstić information content (AvgIpc) is 3.44. The fraction of sp³-hybridized carbons (Fsp3) is 0.250. The molecule has 182 valence electrons. The highest BCUT2D eigenvalue weighted by Crippen LogP contribution is 2.37. The van der Waals surface area contributed by atoms with Crippen molar-refractivity contribution >= 4 is 22.4 Å². The van der Waals surface area contributed by atoms with Crippen LogP contribution in [0.1, 0.15) is 50.3 Å². The lowest BCUT2D eigenvalue weighted by molar-refractivity contribution is 0.102. The van der Waals surface area contributed by atoms with E-state index in [0.717, 1.165) is 36.4 Å². The summed E-state index contributed by atoms with van der Waals surface area (Å²) in [4.78, 5) is 17.0. The minimum Gasteiger partial charge on any atom is -0.494 e. The molecule has 3 aromatic heterocycles. The Kier molecular flexibility index (Phi) is 5.44. The summed E-state index contributed by atoms with van der Waals surface area (Å²) in [6.07, 6.45) is 0.00518. The number of halogens is 2. The van der Waals surface area contributed by atoms with Gasteiger partial charge in [-0.3, -0.25) is 15.1 Å². The van der Waals surface area contributed by atoms with Crippen molar-refractivity contribution in [3.8, 4) is 40.2 Å². The van der Waals surface area contributed by atoms with Crippen molar-refractivity contribution < 1.29 is 26.8 Å². The lowest BCUT2D eigenvalue weighted by Gasteiger charge is -2.14. The summed E-state index contributed by atoms with van der Waals surface area (Å²) in [5.41, 5.74) is -0.338. The molecule has 1 saturated carbocycles. The highest BCUT2D eigenvalue weighted by atomic mass is 32.1. The molecule has 5 rings (SSSR count). The van der Waals surface area contributed by atoms with Crippen LogP contribution in [0.3, 0.4) is 0 Å². The molecule has 0 aliphatic heterocycles. The SMILES string of the molecule is [2H]C([2H])([2H])Oc1cnc(C(F)F)cc1-c1cc(-c2nnc(C)o2)ccc1C(=O)Nc1nnc(C#CC2CC2)s1. The molecule has 1 aliphatic carbocycles. The van der Waals surface area contributed by atoms with Gasteiger partial charge < -0.3 is 9.15 Å². The molecule has 12 heteroatoms. The van der Waals surface area contributed by atoms with Crippen LogP contribution >= 0.6 is 11.3 Å². The summed E-state index contributed by atoms with van der Waals surface area (Å²) in [5, 5.41) is 18.9. The Balaban J connectivity index is 1.58. The number of carbonyl (C=O) groups is 1. The molecule has 1 fully saturated rings. The zero-order chi connectivity index (χ0) is 27.7. The van der Waals surface area contributed by atoms with Crippen LogP contribution in [0.25, 0.3) is 22.6 Å². The molecule has 1 N–H and O–H groups in total. The fourth-order valence-electron chi connectivity index (χ4n) is 3.26. The second kappa shape index (κ2) is 9.79. The zero-order valence-electron chi connectivity index (χ0n) is 21.6. The first-order valence-corrected chi connectivity index (χ1v) is 11.5. The topological polar surface area (TPSA) is 116 Å². The predicted molar refractivity (Wildman–Crippen MR) is 127 cm³/mol. The van der Waals surface area contributed by atoms with Crippen LogP contribution in [0.5, 0.6) is 5.75 Å². The molecule has 1 amide bonds. The van der Waals surface area contributed by atoms with Crippen molar-refractivity contribution in [2.24, 2.45) is 5.92 Å². The zero-order valence-corrected chi connectivity index (χ0v) is 19.4. The van der Waals surface area contributed by atoms with Gasteiger partial charge in [-0.25, -0.2) is 8.78 Å². The van der Waals surface area contributed by atoms with Crippen LogP contribution in [0, 0.1) is 24.7 Å². The molecule has 0 saturated heterocycles. The number of carbonyl (C=O) groups excluding carboxylic acids is 1. The highest BCUT2D eigenvalue weighted by molar-refractivity contribution is 7.15. The Morgan fingerprint density at radius 3 is 2.83 bits per heavy atom. The Hall–Kier alpha value is -4.24. The van der Waals surface area contributed by atoms with Gasteiger partial charge in [0.1, 0.15) is 11.4 Å². The molecule has 4 aromatic rings. The number of hydrogen-bond acceptors (Lipinski definition) is 9. The van der Waals surface area contributed by atoms with E-state index in [2.05, 4.69) is 42.5 Å². The van der Waals surface area contributed by atoms with Crippen molar-refractivity contribution in [1.29, 1.82) is 0 Å². The van der Waals surface area contributed by atoms with E-state index >= 15 is 0 Å². The third-order valence-electron chi connectivity index (χ3n) is 5.16. The van der Waals surface area contributed by atoms with Gasteiger partial charge in [-0.15, -0.1) is 20.4 Å². The molecular formula is C24H18F2N6O3S. The number of rotatable bonds is 6. The first-order valence-electron chi connectivity index (χ1n) is 12.1. The minimum atomic E-state index is -2.97. The van der Waals surface area contributed by atoms with Gasteiger partial charge in [0.2, 0.25) is 16.9 Å². The lowest BCUT2D eigenvalue weighted by Crippen LogP contribution is -2.13. The number of pyridine rings is 1. The van der Waals surface area contributed by atoms with Gasteiger partial charge in [0.05, 0.1) is 17.3 Å². The number of hydrogen-bond donors (Lipinski definition) is 1. The summed E-state index contributed by atoms with van der Waals surface area (Å²) in [6.45, 7) is 1.59. The molecule has 0 bridgehead atoms. The maximum absolute atomic E-state index is 13.6. The molecule has 0 radical (unpaired) electrons. The van der Waals surface area contributed by atoms with Crippen LogP contribution in [-0.4, -0.2) is 38.3 Å². The van der Waals surface area contributed by atoms with E-state index in [1.165, 1.54) is 18.2 Å². The van der Waals surface area contributed by atoms with E-state index in [4.69, 9.17) is 13.3 Å². The number of aryl methyl sites for hydroxylation is 1. The average molecular weight is 512 g/mol. The van der Waals surface area contributed by atoms with Crippen molar-refractivity contribution in [3.05, 3.63) is 52.6 Å². The minimum absolute atomic E-state index is 0.00221. The van der Waals surface area contributed by atoms with Crippen LogP contribution in [-0.2, 0) is 0 Å². The van der Waals surface area contributed by atoms with Gasteiger partial charge in [0, 0.05) is 29.5 Å². The fourth-order valence-corrected chi connectivity index (χ4v) is 3.86. The van der Waals surface area contributed by atoms with Gasteiger partial charge in [-0.05, 0) is 48.6 Å². The monoisotopic (exact) mass is 511 g/mol. The van der Waals surface area contributed by atoms with Crippen molar-refractivity contribution in [2.75, 3.05) is 12.4 Å². The third-order valence-corrected chi connectivity index (χ3v) is 5.91. The first-order chi connectivity index (χ1) is 18.6. The molecule has 9 nitrogen and oxygen atoms in total. The molecule has 36 heavy (non-hydrogen) atoms. The van der Waals surface area contributed by atoms with Crippen molar-refractivity contribution in [3.63, 3.8) is 0 Å². The summed E-state index contributed by atoms with van der Waals surface area (Å²) in [5.74, 6) is 5.73. The number of ether oxygens (including phenoxy) is 1. The normalized spacial score (nSPS) is 14.4. The van der Waals surface area contributed by atoms with Gasteiger partial charge >= 0.3 is 0 Å². The van der Waals surface area contributed by atoms with E-state index in [9.17, 15) is 13.6 Å².